The van der Waals surface area contributed by atoms with Gasteiger partial charge in [-0.25, -0.2) is 4.90 Å². The summed E-state index contributed by atoms with van der Waals surface area (Å²) in [6, 6.07) is 35.2. The van der Waals surface area contributed by atoms with Crippen molar-refractivity contribution in [3.8, 4) is 50.4 Å². The lowest BCUT2D eigenvalue weighted by atomic mass is 9.77. The first-order valence-electron chi connectivity index (χ1n) is 25.0. The highest BCUT2D eigenvalue weighted by atomic mass is 16.5. The van der Waals surface area contributed by atoms with E-state index < -0.39 is 48.6 Å². The van der Waals surface area contributed by atoms with Crippen LogP contribution in [-0.4, -0.2) is 0 Å². The molecule has 0 amide bonds. The second-order valence-corrected chi connectivity index (χ2v) is 20.4. The molecule has 5 heterocycles. The van der Waals surface area contributed by atoms with E-state index in [0.717, 1.165) is 84.1 Å². The molecule has 304 valence electrons. The van der Waals surface area contributed by atoms with Crippen LogP contribution in [0.2, 0.25) is 0 Å². The third-order valence-corrected chi connectivity index (χ3v) is 13.2. The van der Waals surface area contributed by atoms with Crippen LogP contribution in [-0.2, 0) is 22.1 Å². The van der Waals surface area contributed by atoms with E-state index in [-0.39, 0.29) is 21.8 Å². The van der Waals surface area contributed by atoms with E-state index in [1.807, 2.05) is 18.3 Å². The van der Waals surface area contributed by atoms with Crippen LogP contribution in [0.25, 0.3) is 44.6 Å². The number of rotatable bonds is 3. The maximum Gasteiger partial charge on any atom is 0.432 e. The maximum atomic E-state index is 9.17. The molecule has 0 saturated carbocycles. The normalized spacial score (nSPS) is 19.9. The standard InChI is InChI=1S/C57H56N3O/c1-34-20-23-36(24-21-34)38-26-27-58-49(29-38)44-31-39(54(3,4)5)30-43-41-18-15-19-48-51(41)60-53(59(48)47-25-22-35(2)28-42(47)37-16-13-12-14-17-37)45-32-40(55(6,7)8)33-46(56(9,10)11)52(45)61-57(58,60)50(43)44/h12-33,53H,1-11H3/q+1/i1D3,20D,21D,23D,24D. The number of aryl methyl sites for hydroxylation is 1. The summed E-state index contributed by atoms with van der Waals surface area (Å²) >= 11 is 0. The molecule has 4 aliphatic heterocycles. The molecule has 4 nitrogen and oxygen atoms in total. The summed E-state index contributed by atoms with van der Waals surface area (Å²) in [6.45, 7) is 19.5. The van der Waals surface area contributed by atoms with Gasteiger partial charge in [0.05, 0.1) is 28.1 Å². The molecular formula is C57H56N3O+. The summed E-state index contributed by atoms with van der Waals surface area (Å²) in [5.41, 5.74) is 15.0. The minimum absolute atomic E-state index is 0.0456. The van der Waals surface area contributed by atoms with Crippen LogP contribution >= 0.6 is 0 Å². The van der Waals surface area contributed by atoms with Gasteiger partial charge in [0.1, 0.15) is 17.5 Å². The van der Waals surface area contributed by atoms with Gasteiger partial charge in [0.2, 0.25) is 5.69 Å². The van der Waals surface area contributed by atoms with Gasteiger partial charge in [0, 0.05) is 44.1 Å². The summed E-state index contributed by atoms with van der Waals surface area (Å²) in [6.07, 6.45) is 1.56. The molecule has 2 atom stereocenters. The summed E-state index contributed by atoms with van der Waals surface area (Å²) in [5, 5.41) is 0. The Hall–Kier alpha value is -6.13. The summed E-state index contributed by atoms with van der Waals surface area (Å²) < 4.78 is 70.6. The fourth-order valence-electron chi connectivity index (χ4n) is 10.2. The van der Waals surface area contributed by atoms with Gasteiger partial charge in [-0.2, -0.15) is 0 Å². The average molecular weight is 806 g/mol. The number of hydrogen-bond donors (Lipinski definition) is 0. The van der Waals surface area contributed by atoms with Crippen molar-refractivity contribution in [3.05, 3.63) is 172 Å². The molecule has 0 N–H and O–H groups in total. The molecule has 4 heteroatoms. The molecule has 11 rings (SSSR count). The number of fused-ring (bicyclic) bond motifs is 5. The number of benzene rings is 6. The van der Waals surface area contributed by atoms with Crippen molar-refractivity contribution in [1.82, 2.24) is 0 Å². The van der Waals surface area contributed by atoms with Crippen molar-refractivity contribution >= 4 is 17.1 Å². The molecule has 61 heavy (non-hydrogen) atoms. The molecule has 4 aliphatic rings. The Morgan fingerprint density at radius 1 is 0.623 bits per heavy atom. The predicted molar refractivity (Wildman–Crippen MR) is 252 cm³/mol. The lowest BCUT2D eigenvalue weighted by Crippen LogP contribution is -2.71. The van der Waals surface area contributed by atoms with E-state index in [0.29, 0.717) is 5.56 Å². The number of ether oxygens (including phenoxy) is 1. The summed E-state index contributed by atoms with van der Waals surface area (Å²) in [7, 11) is 0. The van der Waals surface area contributed by atoms with Crippen LogP contribution in [0.3, 0.4) is 0 Å². The van der Waals surface area contributed by atoms with Crippen molar-refractivity contribution in [2.45, 2.75) is 104 Å². The van der Waals surface area contributed by atoms with E-state index in [1.54, 1.807) is 0 Å². The van der Waals surface area contributed by atoms with Gasteiger partial charge in [-0.15, -0.1) is 4.57 Å². The minimum atomic E-state index is -2.82. The number of hydrogen-bond acceptors (Lipinski definition) is 3. The second-order valence-electron chi connectivity index (χ2n) is 20.4. The van der Waals surface area contributed by atoms with Crippen molar-refractivity contribution in [1.29, 1.82) is 0 Å². The quantitative estimate of drug-likeness (QED) is 0.166. The molecule has 0 radical (unpaired) electrons. The highest BCUT2D eigenvalue weighted by Gasteiger charge is 2.70. The van der Waals surface area contributed by atoms with Crippen LogP contribution in [0, 0.1) is 13.8 Å². The molecule has 0 aliphatic carbocycles. The van der Waals surface area contributed by atoms with Gasteiger partial charge in [0.15, 0.2) is 6.20 Å². The van der Waals surface area contributed by atoms with Crippen LogP contribution in [0.5, 0.6) is 5.75 Å². The number of anilines is 3. The molecule has 2 unspecified atom stereocenters. The minimum Gasteiger partial charge on any atom is -0.410 e. The Kier molecular flexibility index (Phi) is 6.30. The number of nitrogens with zero attached hydrogens (tertiary/aromatic N) is 3. The van der Waals surface area contributed by atoms with Crippen LogP contribution in [0.1, 0.15) is 117 Å². The van der Waals surface area contributed by atoms with Crippen molar-refractivity contribution < 1.29 is 18.9 Å². The first-order chi connectivity index (χ1) is 31.8. The Bertz CT molecular complexity index is 3310. The summed E-state index contributed by atoms with van der Waals surface area (Å²) in [5.74, 6) is -0.465. The van der Waals surface area contributed by atoms with Crippen LogP contribution in [0.15, 0.2) is 133 Å². The second kappa shape index (κ2) is 12.5. The molecule has 1 aromatic heterocycles. The number of aromatic nitrogens is 1. The fraction of sp³-hybridized carbons (Fsp3) is 0.281. The van der Waals surface area contributed by atoms with Gasteiger partial charge < -0.3 is 9.64 Å². The lowest BCUT2D eigenvalue weighted by Gasteiger charge is -2.49. The Labute approximate surface area is 371 Å². The first-order valence-corrected chi connectivity index (χ1v) is 21.5. The zero-order valence-corrected chi connectivity index (χ0v) is 36.7. The van der Waals surface area contributed by atoms with Gasteiger partial charge in [-0.05, 0) is 94.2 Å². The monoisotopic (exact) mass is 805 g/mol. The SMILES string of the molecule is [2H]c1c([2H])c(C([2H])([2H])[2H])c([2H])c([2H])c1-c1cc[n+]2c(c1)-c1cc(C(C)(C)C)cc3c1C21Oc2c(cc(C(C)(C)C)cc2C(C)(C)C)C2N(c4ccc(C)cc4-c4ccccc4)c4cccc-3c4N21. The Morgan fingerprint density at radius 2 is 1.34 bits per heavy atom. The smallest absolute Gasteiger partial charge is 0.410 e. The molecule has 0 saturated heterocycles. The van der Waals surface area contributed by atoms with Crippen molar-refractivity contribution in [3.63, 3.8) is 0 Å². The zero-order valence-electron chi connectivity index (χ0n) is 43.7. The first kappa shape index (κ1) is 30.8. The Balaban J connectivity index is 1.29. The molecule has 0 bridgehead atoms. The largest absolute Gasteiger partial charge is 0.432 e. The predicted octanol–water partition coefficient (Wildman–Crippen LogP) is 14.2. The van der Waals surface area contributed by atoms with Crippen LogP contribution in [0.4, 0.5) is 17.1 Å². The third-order valence-electron chi connectivity index (χ3n) is 13.2. The summed E-state index contributed by atoms with van der Waals surface area (Å²) in [4.78, 5) is 5.02. The highest BCUT2D eigenvalue weighted by molar-refractivity contribution is 6.03. The topological polar surface area (TPSA) is 19.6 Å². The van der Waals surface area contributed by atoms with Gasteiger partial charge in [0.25, 0.3) is 0 Å². The van der Waals surface area contributed by atoms with E-state index in [4.69, 9.17) is 11.6 Å². The number of pyridine rings is 1. The van der Waals surface area contributed by atoms with Crippen LogP contribution < -0.4 is 19.1 Å². The van der Waals surface area contributed by atoms with Gasteiger partial charge in [-0.1, -0.05) is 152 Å². The molecule has 1 spiro atoms. The molecular weight excluding hydrogens is 743 g/mol. The van der Waals surface area contributed by atoms with Crippen molar-refractivity contribution in [2.75, 3.05) is 9.80 Å². The number of para-hydroxylation sites is 1. The van der Waals surface area contributed by atoms with Gasteiger partial charge >= 0.3 is 5.85 Å². The zero-order chi connectivity index (χ0) is 48.5. The maximum absolute atomic E-state index is 9.17. The molecule has 7 aromatic rings. The van der Waals surface area contributed by atoms with E-state index in [1.165, 1.54) is 5.56 Å². The van der Waals surface area contributed by atoms with E-state index in [9.17, 15) is 2.74 Å². The lowest BCUT2D eigenvalue weighted by molar-refractivity contribution is -0.774. The Morgan fingerprint density at radius 3 is 2.05 bits per heavy atom. The highest BCUT2D eigenvalue weighted by Crippen LogP contribution is 2.68. The van der Waals surface area contributed by atoms with E-state index >= 15 is 0 Å². The molecule has 0 fully saturated rings. The fourth-order valence-corrected chi connectivity index (χ4v) is 10.2. The van der Waals surface area contributed by atoms with Crippen molar-refractivity contribution in [2.24, 2.45) is 0 Å². The third kappa shape index (κ3) is 5.33. The van der Waals surface area contributed by atoms with E-state index in [2.05, 4.69) is 175 Å². The molecule has 6 aromatic carbocycles. The average Bonchev–Trinajstić information content (AvgIpc) is 3.75. The van der Waals surface area contributed by atoms with Gasteiger partial charge in [-0.3, -0.25) is 0 Å².